The van der Waals surface area contributed by atoms with Crippen LogP contribution in [0.25, 0.3) is 0 Å². The number of hydrogen-bond acceptors (Lipinski definition) is 3. The fourth-order valence-electron chi connectivity index (χ4n) is 2.01. The Bertz CT molecular complexity index is 305. The summed E-state index contributed by atoms with van der Waals surface area (Å²) in [6, 6.07) is 0. The number of rotatable bonds is 3. The Morgan fingerprint density at radius 2 is 1.94 bits per heavy atom. The summed E-state index contributed by atoms with van der Waals surface area (Å²) in [4.78, 5) is 1.64. The van der Waals surface area contributed by atoms with Gasteiger partial charge in [0.15, 0.2) is 6.61 Å². The summed E-state index contributed by atoms with van der Waals surface area (Å²) in [7, 11) is 1.72. The largest absolute Gasteiger partial charge is 0.489 e. The normalized spacial score (nSPS) is 22.5. The molecule has 0 aromatic carbocycles. The lowest BCUT2D eigenvalue weighted by Crippen LogP contribution is -2.36. The first-order valence-electron chi connectivity index (χ1n) is 5.77. The Kier molecular flexibility index (Phi) is 4.69. The topological polar surface area (TPSA) is 12.5 Å². The van der Waals surface area contributed by atoms with Gasteiger partial charge in [-0.2, -0.15) is 11.8 Å². The van der Waals surface area contributed by atoms with Crippen LogP contribution in [0.2, 0.25) is 0 Å². The lowest BCUT2D eigenvalue weighted by molar-refractivity contribution is -0.0647. The van der Waals surface area contributed by atoms with Crippen molar-refractivity contribution in [3.8, 4) is 0 Å². The standard InChI is InChI=1S/C12H21F2NOS/c1-8(2)11-10(9(3)17-5)15(4)6-12(13,14)7-16-11/h8-9H,6-7H2,1-5H3. The van der Waals surface area contributed by atoms with E-state index >= 15 is 0 Å². The van der Waals surface area contributed by atoms with E-state index in [9.17, 15) is 8.78 Å². The Hall–Kier alpha value is -0.450. The zero-order valence-corrected chi connectivity index (χ0v) is 11.9. The number of hydrogen-bond donors (Lipinski definition) is 0. The molecule has 0 aromatic heterocycles. The highest BCUT2D eigenvalue weighted by Crippen LogP contribution is 2.33. The monoisotopic (exact) mass is 265 g/mol. The molecule has 0 spiro atoms. The highest BCUT2D eigenvalue weighted by atomic mass is 32.2. The fourth-order valence-corrected chi connectivity index (χ4v) is 2.53. The minimum Gasteiger partial charge on any atom is -0.489 e. The first-order chi connectivity index (χ1) is 7.78. The first-order valence-corrected chi connectivity index (χ1v) is 7.06. The third-order valence-electron chi connectivity index (χ3n) is 2.83. The lowest BCUT2D eigenvalue weighted by Gasteiger charge is -2.28. The number of halogens is 2. The van der Waals surface area contributed by atoms with Gasteiger partial charge in [-0.05, 0) is 13.2 Å². The first kappa shape index (κ1) is 14.6. The molecule has 0 bridgehead atoms. The molecule has 0 fully saturated rings. The van der Waals surface area contributed by atoms with E-state index in [1.165, 1.54) is 0 Å². The molecule has 0 radical (unpaired) electrons. The molecule has 1 atom stereocenters. The molecule has 17 heavy (non-hydrogen) atoms. The third-order valence-corrected chi connectivity index (χ3v) is 3.76. The number of allylic oxidation sites excluding steroid dienone is 1. The van der Waals surface area contributed by atoms with Crippen LogP contribution in [-0.2, 0) is 4.74 Å². The van der Waals surface area contributed by atoms with Crippen molar-refractivity contribution in [2.75, 3.05) is 26.5 Å². The van der Waals surface area contributed by atoms with E-state index in [2.05, 4.69) is 0 Å². The van der Waals surface area contributed by atoms with Gasteiger partial charge in [0.05, 0.1) is 12.2 Å². The Morgan fingerprint density at radius 3 is 2.41 bits per heavy atom. The van der Waals surface area contributed by atoms with E-state index in [1.807, 2.05) is 27.0 Å². The van der Waals surface area contributed by atoms with E-state index < -0.39 is 12.5 Å². The lowest BCUT2D eigenvalue weighted by atomic mass is 10.1. The minimum absolute atomic E-state index is 0.121. The van der Waals surface area contributed by atoms with Gasteiger partial charge in [0, 0.05) is 18.2 Å². The van der Waals surface area contributed by atoms with Crippen molar-refractivity contribution < 1.29 is 13.5 Å². The summed E-state index contributed by atoms with van der Waals surface area (Å²) in [5.41, 5.74) is 0.893. The summed E-state index contributed by atoms with van der Waals surface area (Å²) in [6.07, 6.45) is 1.98. The van der Waals surface area contributed by atoms with Crippen molar-refractivity contribution in [3.63, 3.8) is 0 Å². The van der Waals surface area contributed by atoms with Gasteiger partial charge in [0.25, 0.3) is 5.92 Å². The van der Waals surface area contributed by atoms with Gasteiger partial charge >= 0.3 is 0 Å². The fraction of sp³-hybridized carbons (Fsp3) is 0.833. The molecule has 2 nitrogen and oxygen atoms in total. The van der Waals surface area contributed by atoms with Crippen molar-refractivity contribution >= 4 is 11.8 Å². The van der Waals surface area contributed by atoms with Crippen LogP contribution in [-0.4, -0.2) is 42.5 Å². The SMILES string of the molecule is CSC(C)C1=C(C(C)C)OCC(F)(F)CN1C. The molecule has 1 rings (SSSR count). The molecule has 0 aliphatic carbocycles. The molecule has 1 aliphatic rings. The number of thioether (sulfide) groups is 1. The maximum absolute atomic E-state index is 13.5. The van der Waals surface area contributed by atoms with Crippen LogP contribution in [0.5, 0.6) is 0 Å². The summed E-state index contributed by atoms with van der Waals surface area (Å²) >= 11 is 1.64. The van der Waals surface area contributed by atoms with Crippen molar-refractivity contribution in [2.24, 2.45) is 5.92 Å². The van der Waals surface area contributed by atoms with Crippen molar-refractivity contribution in [1.82, 2.24) is 4.90 Å². The van der Waals surface area contributed by atoms with Gasteiger partial charge in [-0.1, -0.05) is 13.8 Å². The molecule has 0 saturated carbocycles. The Balaban J connectivity index is 3.10. The van der Waals surface area contributed by atoms with E-state index in [-0.39, 0.29) is 17.7 Å². The van der Waals surface area contributed by atoms with E-state index in [4.69, 9.17) is 4.74 Å². The molecular weight excluding hydrogens is 244 g/mol. The van der Waals surface area contributed by atoms with Crippen LogP contribution < -0.4 is 0 Å². The minimum atomic E-state index is -2.78. The highest BCUT2D eigenvalue weighted by molar-refractivity contribution is 7.99. The van der Waals surface area contributed by atoms with Crippen LogP contribution in [0.15, 0.2) is 11.5 Å². The second kappa shape index (κ2) is 5.46. The van der Waals surface area contributed by atoms with E-state index in [1.54, 1.807) is 23.7 Å². The van der Waals surface area contributed by atoms with Crippen LogP contribution in [0, 0.1) is 5.92 Å². The zero-order valence-electron chi connectivity index (χ0n) is 11.1. The second-order valence-electron chi connectivity index (χ2n) is 4.78. The quantitative estimate of drug-likeness (QED) is 0.777. The van der Waals surface area contributed by atoms with Crippen LogP contribution >= 0.6 is 11.8 Å². The van der Waals surface area contributed by atoms with Crippen LogP contribution in [0.3, 0.4) is 0 Å². The van der Waals surface area contributed by atoms with Gasteiger partial charge < -0.3 is 9.64 Å². The van der Waals surface area contributed by atoms with Crippen molar-refractivity contribution in [3.05, 3.63) is 11.5 Å². The van der Waals surface area contributed by atoms with Crippen molar-refractivity contribution in [1.29, 1.82) is 0 Å². The molecule has 100 valence electrons. The maximum atomic E-state index is 13.5. The third kappa shape index (κ3) is 3.50. The van der Waals surface area contributed by atoms with Gasteiger partial charge in [-0.25, -0.2) is 8.78 Å². The average molecular weight is 265 g/mol. The molecule has 5 heteroatoms. The molecule has 0 aromatic rings. The van der Waals surface area contributed by atoms with Gasteiger partial charge in [0.1, 0.15) is 5.76 Å². The summed E-state index contributed by atoms with van der Waals surface area (Å²) in [6.45, 7) is 5.17. The maximum Gasteiger partial charge on any atom is 0.298 e. The molecule has 1 heterocycles. The van der Waals surface area contributed by atoms with Gasteiger partial charge in [-0.3, -0.25) is 0 Å². The number of nitrogens with zero attached hydrogens (tertiary/aromatic N) is 1. The predicted octanol–water partition coefficient (Wildman–Crippen LogP) is 3.20. The molecule has 0 saturated heterocycles. The highest BCUT2D eigenvalue weighted by Gasteiger charge is 2.38. The van der Waals surface area contributed by atoms with Gasteiger partial charge in [0.2, 0.25) is 0 Å². The Morgan fingerprint density at radius 1 is 1.35 bits per heavy atom. The average Bonchev–Trinajstić information content (AvgIpc) is 2.32. The van der Waals surface area contributed by atoms with Gasteiger partial charge in [-0.15, -0.1) is 0 Å². The second-order valence-corrected chi connectivity index (χ2v) is 5.96. The molecule has 1 aliphatic heterocycles. The zero-order chi connectivity index (χ0) is 13.2. The number of alkyl halides is 2. The van der Waals surface area contributed by atoms with E-state index in [0.717, 1.165) is 5.70 Å². The predicted molar refractivity (Wildman–Crippen MR) is 68.4 cm³/mol. The molecular formula is C12H21F2NOS. The summed E-state index contributed by atoms with van der Waals surface area (Å²) < 4.78 is 32.3. The molecule has 0 N–H and O–H groups in total. The summed E-state index contributed by atoms with van der Waals surface area (Å²) in [5.74, 6) is -1.96. The van der Waals surface area contributed by atoms with Crippen LogP contribution in [0.4, 0.5) is 8.78 Å². The van der Waals surface area contributed by atoms with Crippen molar-refractivity contribution in [2.45, 2.75) is 31.9 Å². The number of ether oxygens (including phenoxy) is 1. The molecule has 0 amide bonds. The van der Waals surface area contributed by atoms with Crippen LogP contribution in [0.1, 0.15) is 20.8 Å². The van der Waals surface area contributed by atoms with E-state index in [0.29, 0.717) is 5.76 Å². The summed E-state index contributed by atoms with van der Waals surface area (Å²) in [5, 5.41) is 0.159. The Labute approximate surface area is 106 Å². The molecule has 1 unspecified atom stereocenters. The smallest absolute Gasteiger partial charge is 0.298 e.